The summed E-state index contributed by atoms with van der Waals surface area (Å²) in [5.41, 5.74) is 3.85. The van der Waals surface area contributed by atoms with Gasteiger partial charge in [-0.15, -0.1) is 0 Å². The lowest BCUT2D eigenvalue weighted by Crippen LogP contribution is -2.47. The van der Waals surface area contributed by atoms with E-state index in [1.54, 1.807) is 60.7 Å². The molecule has 0 spiro atoms. The first-order valence-corrected chi connectivity index (χ1v) is 13.6. The van der Waals surface area contributed by atoms with Crippen LogP contribution in [0.1, 0.15) is 55.6 Å². The van der Waals surface area contributed by atoms with Gasteiger partial charge in [0, 0.05) is 12.8 Å². The van der Waals surface area contributed by atoms with Gasteiger partial charge < -0.3 is 9.15 Å². The number of rotatable bonds is 8. The van der Waals surface area contributed by atoms with Crippen LogP contribution in [0.3, 0.4) is 0 Å². The van der Waals surface area contributed by atoms with Crippen LogP contribution in [0.15, 0.2) is 107 Å². The Bertz CT molecular complexity index is 1640. The number of fused-ring (bicyclic) bond motifs is 1. The summed E-state index contributed by atoms with van der Waals surface area (Å²) in [5, 5.41) is 5.85. The van der Waals surface area contributed by atoms with Crippen molar-refractivity contribution in [2.75, 3.05) is 6.61 Å². The van der Waals surface area contributed by atoms with E-state index in [0.717, 1.165) is 21.6 Å². The molecule has 0 bridgehead atoms. The number of aryl methyl sites for hydroxylation is 1. The van der Waals surface area contributed by atoms with Crippen LogP contribution in [0, 0.1) is 6.92 Å². The van der Waals surface area contributed by atoms with Gasteiger partial charge in [-0.1, -0.05) is 72.3 Å². The number of hydrazone groups is 1. The van der Waals surface area contributed by atoms with Crippen molar-refractivity contribution in [1.29, 1.82) is 0 Å². The second-order valence-electron chi connectivity index (χ2n) is 10.2. The Labute approximate surface area is 242 Å². The van der Waals surface area contributed by atoms with Gasteiger partial charge in [-0.25, -0.2) is 9.80 Å². The van der Waals surface area contributed by atoms with Gasteiger partial charge in [-0.3, -0.25) is 19.3 Å². The van der Waals surface area contributed by atoms with Gasteiger partial charge >= 0.3 is 5.97 Å². The van der Waals surface area contributed by atoms with Gasteiger partial charge in [-0.05, 0) is 42.3 Å². The van der Waals surface area contributed by atoms with Crippen LogP contribution >= 0.6 is 0 Å². The Morgan fingerprint density at radius 3 is 2.21 bits per heavy atom. The molecular formula is C33H27N3O6. The maximum absolute atomic E-state index is 13.5. The average Bonchev–Trinajstić information content (AvgIpc) is 3.75. The first kappa shape index (κ1) is 26.9. The van der Waals surface area contributed by atoms with E-state index in [4.69, 9.17) is 9.15 Å². The number of carbonyl (C=O) groups is 4. The number of ether oxygens (including phenoxy) is 1. The largest absolute Gasteiger partial charge is 0.467 e. The molecule has 1 aromatic heterocycles. The summed E-state index contributed by atoms with van der Waals surface area (Å²) in [7, 11) is 0. The molecule has 3 heterocycles. The Morgan fingerprint density at radius 2 is 1.57 bits per heavy atom. The maximum Gasteiger partial charge on any atom is 0.330 e. The number of hydrogen-bond donors (Lipinski definition) is 0. The van der Waals surface area contributed by atoms with Crippen LogP contribution in [0.2, 0.25) is 0 Å². The van der Waals surface area contributed by atoms with Crippen LogP contribution in [0.4, 0.5) is 0 Å². The topological polar surface area (TPSA) is 109 Å². The molecule has 0 saturated carbocycles. The molecule has 3 aromatic carbocycles. The minimum Gasteiger partial charge on any atom is -0.467 e. The molecule has 0 N–H and O–H groups in total. The number of furan rings is 1. The lowest BCUT2D eigenvalue weighted by molar-refractivity contribution is -0.156. The molecule has 9 nitrogen and oxygen atoms in total. The first-order valence-electron chi connectivity index (χ1n) is 13.6. The van der Waals surface area contributed by atoms with Crippen molar-refractivity contribution < 1.29 is 28.3 Å². The highest BCUT2D eigenvalue weighted by Gasteiger charge is 2.44. The van der Waals surface area contributed by atoms with Gasteiger partial charge in [0.1, 0.15) is 17.8 Å². The molecule has 0 unspecified atom stereocenters. The van der Waals surface area contributed by atoms with E-state index in [0.29, 0.717) is 17.9 Å². The van der Waals surface area contributed by atoms with E-state index in [2.05, 4.69) is 5.10 Å². The second-order valence-corrected chi connectivity index (χ2v) is 10.2. The average molecular weight is 562 g/mol. The van der Waals surface area contributed by atoms with E-state index in [9.17, 15) is 19.2 Å². The number of imide groups is 1. The van der Waals surface area contributed by atoms with E-state index >= 15 is 0 Å². The van der Waals surface area contributed by atoms with Crippen LogP contribution in [0.25, 0.3) is 0 Å². The van der Waals surface area contributed by atoms with E-state index < -0.39 is 42.4 Å². The zero-order chi connectivity index (χ0) is 29.2. The van der Waals surface area contributed by atoms with Crippen LogP contribution in [0.5, 0.6) is 0 Å². The summed E-state index contributed by atoms with van der Waals surface area (Å²) in [6.45, 7) is 1.36. The van der Waals surface area contributed by atoms with Crippen molar-refractivity contribution >= 4 is 29.4 Å². The minimum atomic E-state index is -1.27. The minimum absolute atomic E-state index is 0.0355. The third kappa shape index (κ3) is 5.12. The normalized spacial score (nSPS) is 16.8. The Balaban J connectivity index is 1.23. The number of nitrogens with zero attached hydrogens (tertiary/aromatic N) is 3. The molecule has 42 heavy (non-hydrogen) atoms. The molecule has 210 valence electrons. The van der Waals surface area contributed by atoms with Crippen LogP contribution < -0.4 is 0 Å². The zero-order valence-corrected chi connectivity index (χ0v) is 22.8. The van der Waals surface area contributed by atoms with Crippen molar-refractivity contribution in [3.05, 3.63) is 131 Å². The van der Waals surface area contributed by atoms with E-state index in [-0.39, 0.29) is 17.5 Å². The molecule has 4 aromatic rings. The molecule has 2 aliphatic rings. The van der Waals surface area contributed by atoms with Crippen molar-refractivity contribution in [3.63, 3.8) is 0 Å². The highest BCUT2D eigenvalue weighted by Crippen LogP contribution is 2.33. The Hall–Kier alpha value is -5.31. The summed E-state index contributed by atoms with van der Waals surface area (Å²) in [5.74, 6) is -2.03. The molecule has 2 aliphatic heterocycles. The Kier molecular flexibility index (Phi) is 7.23. The zero-order valence-electron chi connectivity index (χ0n) is 22.8. The van der Waals surface area contributed by atoms with Gasteiger partial charge in [0.2, 0.25) is 0 Å². The van der Waals surface area contributed by atoms with Gasteiger partial charge in [0.15, 0.2) is 6.61 Å². The fraction of sp³-hybridized carbons (Fsp3) is 0.182. The van der Waals surface area contributed by atoms with Gasteiger partial charge in [0.25, 0.3) is 17.7 Å². The predicted molar refractivity (Wildman–Crippen MR) is 152 cm³/mol. The fourth-order valence-corrected chi connectivity index (χ4v) is 5.27. The molecule has 3 amide bonds. The summed E-state index contributed by atoms with van der Waals surface area (Å²) in [4.78, 5) is 54.4. The molecule has 2 atom stereocenters. The maximum atomic E-state index is 13.5. The number of esters is 1. The third-order valence-electron chi connectivity index (χ3n) is 7.44. The highest BCUT2D eigenvalue weighted by molar-refractivity contribution is 6.22. The predicted octanol–water partition coefficient (Wildman–Crippen LogP) is 4.72. The summed E-state index contributed by atoms with van der Waals surface area (Å²) >= 11 is 0. The van der Waals surface area contributed by atoms with Gasteiger partial charge in [-0.2, -0.15) is 5.10 Å². The molecular weight excluding hydrogens is 534 g/mol. The molecule has 0 radical (unpaired) electrons. The van der Waals surface area contributed by atoms with Crippen molar-refractivity contribution in [2.24, 2.45) is 5.10 Å². The number of benzene rings is 3. The molecule has 0 aliphatic carbocycles. The van der Waals surface area contributed by atoms with Crippen LogP contribution in [-0.2, 0) is 20.7 Å². The Morgan fingerprint density at radius 1 is 0.905 bits per heavy atom. The second kappa shape index (κ2) is 11.3. The number of amides is 3. The number of hydrogen-bond acceptors (Lipinski definition) is 7. The summed E-state index contributed by atoms with van der Waals surface area (Å²) in [6, 6.07) is 25.0. The van der Waals surface area contributed by atoms with E-state index in [1.807, 2.05) is 37.3 Å². The van der Waals surface area contributed by atoms with Gasteiger partial charge in [0.05, 0.1) is 23.1 Å². The first-order chi connectivity index (χ1) is 20.4. The molecule has 0 saturated heterocycles. The lowest BCUT2D eigenvalue weighted by Gasteiger charge is -2.25. The molecule has 6 rings (SSSR count). The monoisotopic (exact) mass is 561 g/mol. The lowest BCUT2D eigenvalue weighted by atomic mass is 10.0. The summed E-state index contributed by atoms with van der Waals surface area (Å²) in [6.07, 6.45) is 1.98. The van der Waals surface area contributed by atoms with Crippen molar-refractivity contribution in [2.45, 2.75) is 31.8 Å². The SMILES string of the molecule is Cc1ccc(C2=NN(C(=O)COC(=O)[C@H](Cc3ccccc3)N3C(=O)c4ccccc4C3=O)[C@@H](c3ccco3)C2)cc1. The third-order valence-corrected chi connectivity index (χ3v) is 7.44. The van der Waals surface area contributed by atoms with Crippen LogP contribution in [-0.4, -0.2) is 52.0 Å². The quantitative estimate of drug-likeness (QED) is 0.228. The molecule has 9 heteroatoms. The smallest absolute Gasteiger partial charge is 0.330 e. The molecule has 0 fully saturated rings. The van der Waals surface area contributed by atoms with Crippen molar-refractivity contribution in [1.82, 2.24) is 9.91 Å². The van der Waals surface area contributed by atoms with E-state index in [1.165, 1.54) is 11.3 Å². The van der Waals surface area contributed by atoms with Crippen molar-refractivity contribution in [3.8, 4) is 0 Å². The number of carbonyl (C=O) groups excluding carboxylic acids is 4. The summed E-state index contributed by atoms with van der Waals surface area (Å²) < 4.78 is 11.1. The fourth-order valence-electron chi connectivity index (χ4n) is 5.27. The highest BCUT2D eigenvalue weighted by atomic mass is 16.5. The standard InChI is InChI=1S/C33H27N3O6/c1-21-13-15-23(16-14-21)26-19-27(29-12-7-17-41-29)36(34-26)30(37)20-42-33(40)28(18-22-8-3-2-4-9-22)35-31(38)24-10-5-6-11-25(24)32(35)39/h2-17,27-28H,18-20H2,1H3/t27-,28+/m1/s1.